The van der Waals surface area contributed by atoms with E-state index in [2.05, 4.69) is 22.6 Å². The molecule has 17 heavy (non-hydrogen) atoms. The lowest BCUT2D eigenvalue weighted by Crippen LogP contribution is -1.91. The van der Waals surface area contributed by atoms with E-state index in [1.165, 1.54) is 0 Å². The molecule has 2 aromatic rings. The van der Waals surface area contributed by atoms with Crippen LogP contribution in [0.25, 0.3) is 0 Å². The van der Waals surface area contributed by atoms with Gasteiger partial charge in [0, 0.05) is 10.7 Å². The average molecular weight is 360 g/mol. The molecule has 0 aliphatic rings. The van der Waals surface area contributed by atoms with Gasteiger partial charge in [0.25, 0.3) is 0 Å². The molecule has 2 nitrogen and oxygen atoms in total. The number of nitrogens with two attached hydrogens (primary N) is 1. The Bertz CT molecular complexity index is 557. The van der Waals surface area contributed by atoms with Crippen molar-refractivity contribution in [3.05, 3.63) is 50.6 Å². The van der Waals surface area contributed by atoms with Crippen LogP contribution in [0.2, 0.25) is 5.02 Å². The first-order valence-corrected chi connectivity index (χ1v) is 6.51. The Balaban J connectivity index is 2.28. The van der Waals surface area contributed by atoms with Gasteiger partial charge < -0.3 is 10.5 Å². The number of hydrogen-bond acceptors (Lipinski definition) is 2. The maximum absolute atomic E-state index is 5.96. The van der Waals surface area contributed by atoms with Gasteiger partial charge in [-0.15, -0.1) is 0 Å². The molecule has 0 heterocycles. The van der Waals surface area contributed by atoms with Crippen molar-refractivity contribution < 1.29 is 4.74 Å². The number of benzene rings is 2. The summed E-state index contributed by atoms with van der Waals surface area (Å²) in [4.78, 5) is 0. The molecule has 0 fully saturated rings. The molecular weight excluding hydrogens is 349 g/mol. The van der Waals surface area contributed by atoms with E-state index in [9.17, 15) is 0 Å². The number of aryl methyl sites for hydroxylation is 1. The van der Waals surface area contributed by atoms with Gasteiger partial charge in [0.1, 0.15) is 11.5 Å². The Hall–Kier alpha value is -0.940. The second-order valence-corrected chi connectivity index (χ2v) is 5.27. The molecule has 0 bridgehead atoms. The van der Waals surface area contributed by atoms with Gasteiger partial charge >= 0.3 is 0 Å². The van der Waals surface area contributed by atoms with Crippen LogP contribution in [0.5, 0.6) is 11.5 Å². The number of nitrogen functional groups attached to an aromatic ring is 1. The van der Waals surface area contributed by atoms with E-state index in [0.29, 0.717) is 0 Å². The molecule has 0 radical (unpaired) electrons. The van der Waals surface area contributed by atoms with Crippen molar-refractivity contribution in [2.45, 2.75) is 6.92 Å². The quantitative estimate of drug-likeness (QED) is 0.627. The molecule has 0 atom stereocenters. The van der Waals surface area contributed by atoms with E-state index in [0.717, 1.165) is 31.3 Å². The van der Waals surface area contributed by atoms with Crippen LogP contribution in [0.3, 0.4) is 0 Å². The molecule has 88 valence electrons. The summed E-state index contributed by atoms with van der Waals surface area (Å²) in [6.45, 7) is 1.95. The Labute approximate surface area is 119 Å². The summed E-state index contributed by atoms with van der Waals surface area (Å²) >= 11 is 8.16. The van der Waals surface area contributed by atoms with Gasteiger partial charge in [-0.1, -0.05) is 11.6 Å². The fourth-order valence-corrected chi connectivity index (χ4v) is 2.17. The van der Waals surface area contributed by atoms with Crippen LogP contribution >= 0.6 is 34.2 Å². The average Bonchev–Trinajstić information content (AvgIpc) is 2.27. The number of halogens is 2. The van der Waals surface area contributed by atoms with E-state index in [1.54, 1.807) is 0 Å². The highest BCUT2D eigenvalue weighted by atomic mass is 127. The molecule has 0 saturated heterocycles. The molecule has 0 aliphatic heterocycles. The van der Waals surface area contributed by atoms with Gasteiger partial charge in [-0.25, -0.2) is 0 Å². The van der Waals surface area contributed by atoms with Gasteiger partial charge in [0.05, 0.1) is 3.57 Å². The van der Waals surface area contributed by atoms with E-state index in [4.69, 9.17) is 22.1 Å². The summed E-state index contributed by atoms with van der Waals surface area (Å²) in [5.41, 5.74) is 7.41. The van der Waals surface area contributed by atoms with Crippen molar-refractivity contribution in [2.24, 2.45) is 0 Å². The first kappa shape index (κ1) is 12.5. The van der Waals surface area contributed by atoms with E-state index in [1.807, 2.05) is 43.3 Å². The molecule has 0 spiro atoms. The summed E-state index contributed by atoms with van der Waals surface area (Å²) in [6.07, 6.45) is 0. The van der Waals surface area contributed by atoms with Crippen LogP contribution < -0.4 is 10.5 Å². The van der Waals surface area contributed by atoms with Crippen LogP contribution in [0.4, 0.5) is 5.69 Å². The third kappa shape index (κ3) is 3.04. The lowest BCUT2D eigenvalue weighted by Gasteiger charge is -2.09. The van der Waals surface area contributed by atoms with Gasteiger partial charge in [-0.3, -0.25) is 0 Å². The number of hydrogen-bond donors (Lipinski definition) is 1. The summed E-state index contributed by atoms with van der Waals surface area (Å²) in [5, 5.41) is 0.740. The first-order chi connectivity index (χ1) is 8.06. The Morgan fingerprint density at radius 3 is 2.59 bits per heavy atom. The van der Waals surface area contributed by atoms with Crippen LogP contribution in [0, 0.1) is 10.5 Å². The highest BCUT2D eigenvalue weighted by molar-refractivity contribution is 14.1. The van der Waals surface area contributed by atoms with Crippen molar-refractivity contribution in [1.82, 2.24) is 0 Å². The zero-order valence-corrected chi connectivity index (χ0v) is 12.1. The maximum atomic E-state index is 5.96. The monoisotopic (exact) mass is 359 g/mol. The van der Waals surface area contributed by atoms with Crippen LogP contribution in [-0.2, 0) is 0 Å². The van der Waals surface area contributed by atoms with Crippen molar-refractivity contribution in [3.63, 3.8) is 0 Å². The minimum absolute atomic E-state index is 0.731. The zero-order chi connectivity index (χ0) is 12.4. The van der Waals surface area contributed by atoms with E-state index >= 15 is 0 Å². The molecular formula is C13H11ClINO. The third-order valence-corrected chi connectivity index (χ3v) is 3.58. The molecule has 4 heteroatoms. The third-order valence-electron chi connectivity index (χ3n) is 2.31. The zero-order valence-electron chi connectivity index (χ0n) is 9.21. The molecule has 2 rings (SSSR count). The Morgan fingerprint density at radius 2 is 1.94 bits per heavy atom. The van der Waals surface area contributed by atoms with Gasteiger partial charge in [0.2, 0.25) is 0 Å². The van der Waals surface area contributed by atoms with Crippen LogP contribution in [-0.4, -0.2) is 0 Å². The molecule has 2 aromatic carbocycles. The predicted octanol–water partition coefficient (Wildman–Crippen LogP) is 4.63. The lowest BCUT2D eigenvalue weighted by atomic mass is 10.2. The normalized spacial score (nSPS) is 10.3. The van der Waals surface area contributed by atoms with Gasteiger partial charge in [0.15, 0.2) is 0 Å². The SMILES string of the molecule is Cc1cc(Oc2ccc(N)cc2I)ccc1Cl. The van der Waals surface area contributed by atoms with Crippen molar-refractivity contribution in [2.75, 3.05) is 5.73 Å². The maximum Gasteiger partial charge on any atom is 0.140 e. The second kappa shape index (κ2) is 5.14. The number of rotatable bonds is 2. The smallest absolute Gasteiger partial charge is 0.140 e. The van der Waals surface area contributed by atoms with Crippen molar-refractivity contribution in [3.8, 4) is 11.5 Å². The van der Waals surface area contributed by atoms with Crippen LogP contribution in [0.1, 0.15) is 5.56 Å². The summed E-state index contributed by atoms with van der Waals surface area (Å²) in [7, 11) is 0. The molecule has 0 saturated carbocycles. The summed E-state index contributed by atoms with van der Waals surface area (Å²) in [5.74, 6) is 1.57. The number of anilines is 1. The van der Waals surface area contributed by atoms with Crippen molar-refractivity contribution >= 4 is 39.9 Å². The standard InChI is InChI=1S/C13H11ClINO/c1-8-6-10(3-4-11(8)14)17-13-5-2-9(16)7-12(13)15/h2-7H,16H2,1H3. The van der Waals surface area contributed by atoms with E-state index in [-0.39, 0.29) is 0 Å². The first-order valence-electron chi connectivity index (χ1n) is 5.05. The predicted molar refractivity (Wildman–Crippen MR) is 79.8 cm³/mol. The minimum atomic E-state index is 0.731. The fourth-order valence-electron chi connectivity index (χ4n) is 1.41. The van der Waals surface area contributed by atoms with Gasteiger partial charge in [-0.2, -0.15) is 0 Å². The molecule has 0 unspecified atom stereocenters. The van der Waals surface area contributed by atoms with Gasteiger partial charge in [-0.05, 0) is 71.5 Å². The van der Waals surface area contributed by atoms with Crippen molar-refractivity contribution in [1.29, 1.82) is 0 Å². The number of ether oxygens (including phenoxy) is 1. The Kier molecular flexibility index (Phi) is 3.79. The molecule has 0 amide bonds. The second-order valence-electron chi connectivity index (χ2n) is 3.70. The van der Waals surface area contributed by atoms with E-state index < -0.39 is 0 Å². The largest absolute Gasteiger partial charge is 0.456 e. The minimum Gasteiger partial charge on any atom is -0.456 e. The molecule has 0 aromatic heterocycles. The molecule has 2 N–H and O–H groups in total. The molecule has 0 aliphatic carbocycles. The summed E-state index contributed by atoms with van der Waals surface area (Å²) < 4.78 is 6.76. The highest BCUT2D eigenvalue weighted by Crippen LogP contribution is 2.30. The topological polar surface area (TPSA) is 35.2 Å². The summed E-state index contributed by atoms with van der Waals surface area (Å²) in [6, 6.07) is 11.1. The Morgan fingerprint density at radius 1 is 1.18 bits per heavy atom. The fraction of sp³-hybridized carbons (Fsp3) is 0.0769. The highest BCUT2D eigenvalue weighted by Gasteiger charge is 2.04. The lowest BCUT2D eigenvalue weighted by molar-refractivity contribution is 0.479. The van der Waals surface area contributed by atoms with Crippen LogP contribution in [0.15, 0.2) is 36.4 Å².